The van der Waals surface area contributed by atoms with Crippen LogP contribution in [0.15, 0.2) is 34.7 Å². The number of likely N-dealkylation sites (tertiary alicyclic amines) is 1. The van der Waals surface area contributed by atoms with E-state index in [2.05, 4.69) is 15.2 Å². The fourth-order valence-electron chi connectivity index (χ4n) is 3.25. The van der Waals surface area contributed by atoms with Gasteiger partial charge in [-0.05, 0) is 19.8 Å². The van der Waals surface area contributed by atoms with E-state index >= 15 is 0 Å². The zero-order chi connectivity index (χ0) is 18.1. The first-order valence-corrected chi connectivity index (χ1v) is 9.55. The van der Waals surface area contributed by atoms with E-state index in [0.717, 1.165) is 34.0 Å². The predicted octanol–water partition coefficient (Wildman–Crippen LogP) is 3.83. The number of hydrogen-bond donors (Lipinski definition) is 0. The van der Waals surface area contributed by atoms with Gasteiger partial charge in [0.2, 0.25) is 11.8 Å². The Kier molecular flexibility index (Phi) is 4.55. The van der Waals surface area contributed by atoms with Gasteiger partial charge in [0.15, 0.2) is 0 Å². The summed E-state index contributed by atoms with van der Waals surface area (Å²) >= 11 is 1.47. The molecule has 1 aliphatic heterocycles. The molecule has 1 amide bonds. The van der Waals surface area contributed by atoms with Crippen LogP contribution in [0.25, 0.3) is 10.6 Å². The number of piperidine rings is 1. The molecule has 0 aliphatic carbocycles. The lowest BCUT2D eigenvalue weighted by Gasteiger charge is -2.30. The van der Waals surface area contributed by atoms with Crippen LogP contribution in [0.4, 0.5) is 0 Å². The third-order valence-electron chi connectivity index (χ3n) is 4.68. The molecule has 0 radical (unpaired) electrons. The Morgan fingerprint density at radius 3 is 2.54 bits per heavy atom. The molecule has 4 rings (SSSR count). The van der Waals surface area contributed by atoms with Gasteiger partial charge in [0.25, 0.3) is 5.91 Å². The molecule has 7 heteroatoms. The van der Waals surface area contributed by atoms with E-state index in [1.54, 1.807) is 6.92 Å². The number of thiazole rings is 1. The van der Waals surface area contributed by atoms with Gasteiger partial charge in [-0.15, -0.1) is 21.5 Å². The first-order valence-electron chi connectivity index (χ1n) is 8.74. The molecule has 1 fully saturated rings. The highest BCUT2D eigenvalue weighted by atomic mass is 32.1. The molecule has 1 aromatic carbocycles. The zero-order valence-electron chi connectivity index (χ0n) is 14.8. The molecule has 0 spiro atoms. The second kappa shape index (κ2) is 6.99. The molecule has 3 heterocycles. The average molecular weight is 368 g/mol. The fourth-order valence-corrected chi connectivity index (χ4v) is 4.29. The SMILES string of the molecule is Cc1nnc(C2CCN(C(=O)c3sc(-c4ccccc4)nc3C)CC2)o1. The molecule has 0 atom stereocenters. The Hall–Kier alpha value is -2.54. The van der Waals surface area contributed by atoms with Crippen molar-refractivity contribution in [3.63, 3.8) is 0 Å². The highest BCUT2D eigenvalue weighted by Gasteiger charge is 2.29. The van der Waals surface area contributed by atoms with Gasteiger partial charge in [-0.1, -0.05) is 30.3 Å². The lowest BCUT2D eigenvalue weighted by Crippen LogP contribution is -2.37. The maximum absolute atomic E-state index is 13.0. The van der Waals surface area contributed by atoms with E-state index in [0.29, 0.717) is 24.9 Å². The maximum Gasteiger partial charge on any atom is 0.265 e. The number of aryl methyl sites for hydroxylation is 2. The summed E-state index contributed by atoms with van der Waals surface area (Å²) in [4.78, 5) is 20.2. The maximum atomic E-state index is 13.0. The van der Waals surface area contributed by atoms with E-state index in [4.69, 9.17) is 4.42 Å². The van der Waals surface area contributed by atoms with Crippen molar-refractivity contribution >= 4 is 17.2 Å². The summed E-state index contributed by atoms with van der Waals surface area (Å²) in [5.41, 5.74) is 1.85. The van der Waals surface area contributed by atoms with Crippen LogP contribution in [0.2, 0.25) is 0 Å². The normalized spacial score (nSPS) is 15.4. The van der Waals surface area contributed by atoms with Crippen molar-refractivity contribution in [2.24, 2.45) is 0 Å². The zero-order valence-corrected chi connectivity index (χ0v) is 15.6. The van der Waals surface area contributed by atoms with Crippen LogP contribution in [0.3, 0.4) is 0 Å². The quantitative estimate of drug-likeness (QED) is 0.702. The first-order chi connectivity index (χ1) is 12.6. The highest BCUT2D eigenvalue weighted by Crippen LogP contribution is 2.31. The fraction of sp³-hybridized carbons (Fsp3) is 0.368. The van der Waals surface area contributed by atoms with E-state index in [-0.39, 0.29) is 11.8 Å². The molecule has 2 aromatic heterocycles. The summed E-state index contributed by atoms with van der Waals surface area (Å²) in [7, 11) is 0. The summed E-state index contributed by atoms with van der Waals surface area (Å²) in [6.45, 7) is 5.10. The standard InChI is InChI=1S/C19H20N4O2S/c1-12-16(26-18(20-12)15-6-4-3-5-7-15)19(24)23-10-8-14(9-11-23)17-22-21-13(2)25-17/h3-7,14H,8-11H2,1-2H3. The van der Waals surface area contributed by atoms with E-state index < -0.39 is 0 Å². The Bertz CT molecular complexity index is 911. The number of carbonyl (C=O) groups is 1. The number of amides is 1. The monoisotopic (exact) mass is 368 g/mol. The lowest BCUT2D eigenvalue weighted by atomic mass is 9.96. The second-order valence-corrected chi connectivity index (χ2v) is 7.52. The number of nitrogens with zero attached hydrogens (tertiary/aromatic N) is 4. The summed E-state index contributed by atoms with van der Waals surface area (Å²) < 4.78 is 5.54. The second-order valence-electron chi connectivity index (χ2n) is 6.53. The summed E-state index contributed by atoms with van der Waals surface area (Å²) in [6, 6.07) is 9.98. The van der Waals surface area contributed by atoms with Crippen molar-refractivity contribution in [1.29, 1.82) is 0 Å². The number of carbonyl (C=O) groups excluding carboxylic acids is 1. The minimum Gasteiger partial charge on any atom is -0.425 e. The Morgan fingerprint density at radius 1 is 1.15 bits per heavy atom. The Morgan fingerprint density at radius 2 is 1.88 bits per heavy atom. The van der Waals surface area contributed by atoms with Gasteiger partial charge < -0.3 is 9.32 Å². The summed E-state index contributed by atoms with van der Waals surface area (Å²) in [6.07, 6.45) is 1.69. The number of hydrogen-bond acceptors (Lipinski definition) is 6. The number of benzene rings is 1. The Labute approximate surface area is 155 Å². The molecule has 1 saturated heterocycles. The Balaban J connectivity index is 1.46. The molecule has 0 bridgehead atoms. The van der Waals surface area contributed by atoms with E-state index in [1.807, 2.05) is 42.2 Å². The predicted molar refractivity (Wildman–Crippen MR) is 99.2 cm³/mol. The molecular formula is C19H20N4O2S. The van der Waals surface area contributed by atoms with E-state index in [1.165, 1.54) is 11.3 Å². The van der Waals surface area contributed by atoms with Crippen molar-refractivity contribution in [3.8, 4) is 10.6 Å². The van der Waals surface area contributed by atoms with Gasteiger partial charge in [-0.2, -0.15) is 0 Å². The average Bonchev–Trinajstić information content (AvgIpc) is 3.28. The van der Waals surface area contributed by atoms with Gasteiger partial charge in [0, 0.05) is 31.5 Å². The largest absolute Gasteiger partial charge is 0.425 e. The van der Waals surface area contributed by atoms with Gasteiger partial charge in [-0.3, -0.25) is 4.79 Å². The van der Waals surface area contributed by atoms with E-state index in [9.17, 15) is 4.79 Å². The van der Waals surface area contributed by atoms with Crippen LogP contribution in [0.1, 0.15) is 45.9 Å². The van der Waals surface area contributed by atoms with Crippen LogP contribution in [-0.2, 0) is 0 Å². The molecule has 26 heavy (non-hydrogen) atoms. The molecule has 0 unspecified atom stereocenters. The first kappa shape index (κ1) is 16.9. The summed E-state index contributed by atoms with van der Waals surface area (Å²) in [5, 5.41) is 8.91. The molecule has 1 aliphatic rings. The number of rotatable bonds is 3. The van der Waals surface area contributed by atoms with Crippen LogP contribution in [0, 0.1) is 13.8 Å². The lowest BCUT2D eigenvalue weighted by molar-refractivity contribution is 0.0710. The summed E-state index contributed by atoms with van der Waals surface area (Å²) in [5.74, 6) is 1.59. The van der Waals surface area contributed by atoms with Crippen LogP contribution >= 0.6 is 11.3 Å². The van der Waals surface area contributed by atoms with Crippen molar-refractivity contribution in [2.45, 2.75) is 32.6 Å². The van der Waals surface area contributed by atoms with Crippen molar-refractivity contribution < 1.29 is 9.21 Å². The third kappa shape index (κ3) is 3.26. The third-order valence-corrected chi connectivity index (χ3v) is 5.88. The van der Waals surface area contributed by atoms with Crippen LogP contribution < -0.4 is 0 Å². The molecular weight excluding hydrogens is 348 g/mol. The molecule has 3 aromatic rings. The minimum atomic E-state index is 0.0716. The van der Waals surface area contributed by atoms with Gasteiger partial charge >= 0.3 is 0 Å². The highest BCUT2D eigenvalue weighted by molar-refractivity contribution is 7.17. The number of aromatic nitrogens is 3. The van der Waals surface area contributed by atoms with Crippen molar-refractivity contribution in [2.75, 3.05) is 13.1 Å². The smallest absolute Gasteiger partial charge is 0.265 e. The van der Waals surface area contributed by atoms with Crippen LogP contribution in [0.5, 0.6) is 0 Å². The molecule has 134 valence electrons. The van der Waals surface area contributed by atoms with Crippen molar-refractivity contribution in [3.05, 3.63) is 52.7 Å². The molecule has 0 saturated carbocycles. The van der Waals surface area contributed by atoms with Gasteiger partial charge in [0.05, 0.1) is 5.69 Å². The van der Waals surface area contributed by atoms with Gasteiger partial charge in [-0.25, -0.2) is 4.98 Å². The minimum absolute atomic E-state index is 0.0716. The van der Waals surface area contributed by atoms with Crippen molar-refractivity contribution in [1.82, 2.24) is 20.1 Å². The molecule has 6 nitrogen and oxygen atoms in total. The topological polar surface area (TPSA) is 72.1 Å². The van der Waals surface area contributed by atoms with Crippen LogP contribution in [-0.4, -0.2) is 39.1 Å². The van der Waals surface area contributed by atoms with Gasteiger partial charge in [0.1, 0.15) is 9.88 Å². The molecule has 0 N–H and O–H groups in total.